The number of halogens is 3. The Labute approximate surface area is 220 Å². The molecule has 194 valence electrons. The minimum Gasteiger partial charge on any atom is -0.434 e. The number of carbonyl (C=O) groups is 1. The zero-order valence-corrected chi connectivity index (χ0v) is 21.4. The molecule has 1 aromatic carbocycles. The Hall–Kier alpha value is -3.19. The van der Waals surface area contributed by atoms with Gasteiger partial charge in [-0.2, -0.15) is 13.9 Å². The van der Waals surface area contributed by atoms with E-state index in [1.165, 1.54) is 40.2 Å². The first-order chi connectivity index (χ1) is 17.9. The summed E-state index contributed by atoms with van der Waals surface area (Å²) < 4.78 is 32.6. The molecule has 0 atom stereocenters. The fourth-order valence-electron chi connectivity index (χ4n) is 4.31. The number of likely N-dealkylation sites (tertiary alicyclic amines) is 1. The highest BCUT2D eigenvalue weighted by atomic mass is 35.5. The van der Waals surface area contributed by atoms with E-state index in [-0.39, 0.29) is 16.9 Å². The minimum absolute atomic E-state index is 0.0840. The third kappa shape index (κ3) is 5.72. The number of hydrogen-bond donors (Lipinski definition) is 2. The molecule has 4 heterocycles. The molecule has 0 radical (unpaired) electrons. The number of anilines is 1. The number of benzene rings is 1. The second-order valence-corrected chi connectivity index (χ2v) is 10.1. The summed E-state index contributed by atoms with van der Waals surface area (Å²) in [6.45, 7) is -0.678. The van der Waals surface area contributed by atoms with Crippen LogP contribution in [0.3, 0.4) is 0 Å². The maximum atomic E-state index is 13.3. The van der Waals surface area contributed by atoms with Crippen LogP contribution in [0.15, 0.2) is 42.9 Å². The Morgan fingerprint density at radius 2 is 2.14 bits per heavy atom. The second kappa shape index (κ2) is 11.1. The third-order valence-electron chi connectivity index (χ3n) is 6.19. The second-order valence-electron chi connectivity index (χ2n) is 8.54. The molecule has 13 heteroatoms. The van der Waals surface area contributed by atoms with E-state index >= 15 is 0 Å². The lowest BCUT2D eigenvalue weighted by Gasteiger charge is -2.31. The number of piperidine rings is 1. The average molecular weight is 548 g/mol. The van der Waals surface area contributed by atoms with Gasteiger partial charge in [0.1, 0.15) is 27.0 Å². The van der Waals surface area contributed by atoms with Crippen LogP contribution in [0.25, 0.3) is 16.9 Å². The van der Waals surface area contributed by atoms with Crippen molar-refractivity contribution in [2.24, 2.45) is 0 Å². The van der Waals surface area contributed by atoms with Crippen LogP contribution in [-0.4, -0.2) is 63.2 Å². The first-order valence-corrected chi connectivity index (χ1v) is 12.8. The van der Waals surface area contributed by atoms with Crippen LogP contribution in [0.1, 0.15) is 28.2 Å². The summed E-state index contributed by atoms with van der Waals surface area (Å²) >= 11 is 7.49. The number of fused-ring (bicyclic) bond motifs is 1. The SMILES string of the molecule is CNC1CCN(Cc2nc(-c3cc(Cl)ccc3OC(F)F)c(NC(=O)c3cnn4cccnc34)s2)CC1. The van der Waals surface area contributed by atoms with E-state index in [9.17, 15) is 13.6 Å². The highest BCUT2D eigenvalue weighted by Crippen LogP contribution is 2.41. The van der Waals surface area contributed by atoms with Crippen LogP contribution < -0.4 is 15.4 Å². The molecule has 1 aliphatic rings. The lowest BCUT2D eigenvalue weighted by Crippen LogP contribution is -2.40. The van der Waals surface area contributed by atoms with Gasteiger partial charge in [0, 0.05) is 42.1 Å². The van der Waals surface area contributed by atoms with Gasteiger partial charge in [0.25, 0.3) is 5.91 Å². The Kier molecular flexibility index (Phi) is 7.60. The number of amides is 1. The molecule has 9 nitrogen and oxygen atoms in total. The number of nitrogens with one attached hydrogen (secondary N) is 2. The quantitative estimate of drug-likeness (QED) is 0.334. The molecule has 1 saturated heterocycles. The smallest absolute Gasteiger partial charge is 0.387 e. The van der Waals surface area contributed by atoms with Gasteiger partial charge < -0.3 is 15.4 Å². The fourth-order valence-corrected chi connectivity index (χ4v) is 5.50. The van der Waals surface area contributed by atoms with Gasteiger partial charge in [0.05, 0.1) is 12.7 Å². The molecule has 0 spiro atoms. The van der Waals surface area contributed by atoms with Crippen molar-refractivity contribution >= 4 is 39.5 Å². The summed E-state index contributed by atoms with van der Waals surface area (Å²) in [6.07, 6.45) is 6.71. The fraction of sp³-hybridized carbons (Fsp3) is 0.333. The molecule has 2 N–H and O–H groups in total. The Morgan fingerprint density at radius 3 is 2.89 bits per heavy atom. The van der Waals surface area contributed by atoms with E-state index < -0.39 is 12.5 Å². The maximum absolute atomic E-state index is 13.3. The van der Waals surface area contributed by atoms with E-state index in [1.807, 2.05) is 7.05 Å². The summed E-state index contributed by atoms with van der Waals surface area (Å²) in [6, 6.07) is 6.52. The van der Waals surface area contributed by atoms with Crippen molar-refractivity contribution in [2.75, 3.05) is 25.5 Å². The van der Waals surface area contributed by atoms with Gasteiger partial charge in [0.2, 0.25) is 0 Å². The third-order valence-corrected chi connectivity index (χ3v) is 7.38. The summed E-state index contributed by atoms with van der Waals surface area (Å²) in [7, 11) is 1.96. The van der Waals surface area contributed by atoms with Crippen molar-refractivity contribution in [1.29, 1.82) is 0 Å². The van der Waals surface area contributed by atoms with Crippen molar-refractivity contribution in [2.45, 2.75) is 32.0 Å². The average Bonchev–Trinajstić information content (AvgIpc) is 3.49. The van der Waals surface area contributed by atoms with Crippen molar-refractivity contribution in [1.82, 2.24) is 29.8 Å². The van der Waals surface area contributed by atoms with Crippen molar-refractivity contribution in [3.05, 3.63) is 58.4 Å². The van der Waals surface area contributed by atoms with Gasteiger partial charge in [0.15, 0.2) is 5.65 Å². The van der Waals surface area contributed by atoms with Gasteiger partial charge in [-0.3, -0.25) is 9.69 Å². The zero-order valence-electron chi connectivity index (χ0n) is 19.8. The number of alkyl halides is 2. The van der Waals surface area contributed by atoms with E-state index in [0.29, 0.717) is 34.0 Å². The molecular weight excluding hydrogens is 524 g/mol. The molecule has 0 bridgehead atoms. The molecular formula is C24H24ClF2N7O2S. The van der Waals surface area contributed by atoms with Crippen LogP contribution in [-0.2, 0) is 6.54 Å². The van der Waals surface area contributed by atoms with Gasteiger partial charge in [-0.15, -0.1) is 0 Å². The van der Waals surface area contributed by atoms with E-state index in [0.717, 1.165) is 30.9 Å². The van der Waals surface area contributed by atoms with Crippen LogP contribution >= 0.6 is 22.9 Å². The highest BCUT2D eigenvalue weighted by Gasteiger charge is 2.25. The molecule has 0 aliphatic carbocycles. The predicted molar refractivity (Wildman–Crippen MR) is 137 cm³/mol. The lowest BCUT2D eigenvalue weighted by atomic mass is 10.1. The van der Waals surface area contributed by atoms with Gasteiger partial charge >= 0.3 is 6.61 Å². The monoisotopic (exact) mass is 547 g/mol. The normalized spacial score (nSPS) is 14.9. The lowest BCUT2D eigenvalue weighted by molar-refractivity contribution is -0.0494. The maximum Gasteiger partial charge on any atom is 0.387 e. The van der Waals surface area contributed by atoms with Gasteiger partial charge in [-0.05, 0) is 44.2 Å². The number of hydrogen-bond acceptors (Lipinski definition) is 8. The van der Waals surface area contributed by atoms with E-state index in [4.69, 9.17) is 21.3 Å². The van der Waals surface area contributed by atoms with Gasteiger partial charge in [-0.1, -0.05) is 22.9 Å². The summed E-state index contributed by atoms with van der Waals surface area (Å²) in [5.74, 6) is -0.530. The molecule has 0 saturated carbocycles. The molecule has 1 aliphatic heterocycles. The molecule has 0 unspecified atom stereocenters. The highest BCUT2D eigenvalue weighted by molar-refractivity contribution is 7.16. The summed E-state index contributed by atoms with van der Waals surface area (Å²) in [5, 5.41) is 11.8. The molecule has 5 rings (SSSR count). The number of thiazole rings is 1. The van der Waals surface area contributed by atoms with Crippen molar-refractivity contribution in [3.8, 4) is 17.0 Å². The standard InChI is InChI=1S/C24H24ClF2N7O2S/c1-28-15-5-9-33(10-6-15)13-19-31-20(16-11-14(25)3-4-18(16)36-24(26)27)23(37-19)32-22(35)17-12-30-34-8-2-7-29-21(17)34/h2-4,7-8,11-12,15,24,28H,5-6,9-10,13H2,1H3,(H,32,35). The van der Waals surface area contributed by atoms with Crippen LogP contribution in [0.5, 0.6) is 5.75 Å². The largest absolute Gasteiger partial charge is 0.434 e. The van der Waals surface area contributed by atoms with Crippen molar-refractivity contribution in [3.63, 3.8) is 0 Å². The van der Waals surface area contributed by atoms with E-state index in [1.54, 1.807) is 18.5 Å². The molecule has 37 heavy (non-hydrogen) atoms. The number of ether oxygens (including phenoxy) is 1. The summed E-state index contributed by atoms with van der Waals surface area (Å²) in [4.78, 5) is 24.5. The van der Waals surface area contributed by atoms with Gasteiger partial charge in [-0.25, -0.2) is 14.5 Å². The Morgan fingerprint density at radius 1 is 1.32 bits per heavy atom. The molecule has 3 aromatic heterocycles. The molecule has 4 aromatic rings. The number of aromatic nitrogens is 4. The number of nitrogens with zero attached hydrogens (tertiary/aromatic N) is 5. The zero-order chi connectivity index (χ0) is 25.9. The van der Waals surface area contributed by atoms with Crippen molar-refractivity contribution < 1.29 is 18.3 Å². The molecule has 1 amide bonds. The minimum atomic E-state index is -3.03. The van der Waals surface area contributed by atoms with Crippen LogP contribution in [0.4, 0.5) is 13.8 Å². The predicted octanol–water partition coefficient (Wildman–Crippen LogP) is 4.54. The number of rotatable bonds is 8. The van der Waals surface area contributed by atoms with Crippen LogP contribution in [0.2, 0.25) is 5.02 Å². The number of carbonyl (C=O) groups excluding carboxylic acids is 1. The first kappa shape index (κ1) is 25.5. The van der Waals surface area contributed by atoms with Crippen LogP contribution in [0, 0.1) is 0 Å². The Bertz CT molecular complexity index is 1410. The summed E-state index contributed by atoms with van der Waals surface area (Å²) in [5.41, 5.74) is 1.23. The topological polar surface area (TPSA) is 96.7 Å². The first-order valence-electron chi connectivity index (χ1n) is 11.6. The van der Waals surface area contributed by atoms with E-state index in [2.05, 4.69) is 25.6 Å². The molecule has 1 fully saturated rings. The Balaban J connectivity index is 1.49.